The molecule has 4 aromatic rings. The Kier molecular flexibility index (Phi) is 5.30. The smallest absolute Gasteiger partial charge is 0.226 e. The number of hydrogen-bond donors (Lipinski definition) is 0. The quantitative estimate of drug-likeness (QED) is 0.452. The van der Waals surface area contributed by atoms with Gasteiger partial charge >= 0.3 is 0 Å². The molecule has 0 fully saturated rings. The van der Waals surface area contributed by atoms with Gasteiger partial charge in [-0.2, -0.15) is 4.98 Å². The first-order chi connectivity index (χ1) is 13.7. The summed E-state index contributed by atoms with van der Waals surface area (Å²) in [6.45, 7) is 3.91. The highest BCUT2D eigenvalue weighted by Gasteiger charge is 2.12. The Labute approximate surface area is 167 Å². The molecule has 0 spiro atoms. The van der Waals surface area contributed by atoms with Gasteiger partial charge in [0.15, 0.2) is 5.82 Å². The molecule has 6 heteroatoms. The maximum atomic E-state index is 6.06. The Morgan fingerprint density at radius 2 is 1.54 bits per heavy atom. The third kappa shape index (κ3) is 4.18. The van der Waals surface area contributed by atoms with Crippen molar-refractivity contribution in [1.29, 1.82) is 0 Å². The van der Waals surface area contributed by atoms with Gasteiger partial charge in [-0.3, -0.25) is 9.97 Å². The minimum Gasteiger partial charge on any atom is -0.439 e. The first kappa shape index (κ1) is 18.1. The molecule has 5 nitrogen and oxygen atoms in total. The Morgan fingerprint density at radius 3 is 2.25 bits per heavy atom. The molecule has 3 heterocycles. The van der Waals surface area contributed by atoms with E-state index >= 15 is 0 Å². The van der Waals surface area contributed by atoms with Crippen molar-refractivity contribution in [2.75, 3.05) is 0 Å². The zero-order valence-electron chi connectivity index (χ0n) is 15.5. The molecule has 0 radical (unpaired) electrons. The fourth-order valence-electron chi connectivity index (χ4n) is 2.54. The van der Waals surface area contributed by atoms with Crippen molar-refractivity contribution in [3.63, 3.8) is 0 Å². The highest BCUT2D eigenvalue weighted by molar-refractivity contribution is 7.99. The second-order valence-corrected chi connectivity index (χ2v) is 7.28. The van der Waals surface area contributed by atoms with E-state index in [0.717, 1.165) is 32.5 Å². The van der Waals surface area contributed by atoms with Crippen LogP contribution >= 0.6 is 11.8 Å². The van der Waals surface area contributed by atoms with Crippen molar-refractivity contribution < 1.29 is 4.74 Å². The van der Waals surface area contributed by atoms with Gasteiger partial charge in [-0.1, -0.05) is 17.8 Å². The molecule has 0 atom stereocenters. The van der Waals surface area contributed by atoms with E-state index in [1.54, 1.807) is 30.4 Å². The van der Waals surface area contributed by atoms with Crippen LogP contribution in [0.15, 0.2) is 83.0 Å². The standard InChI is InChI=1S/C22H18N4OS/c1-15-16(2)25-21(20-5-3-4-12-24-20)26-22(15)27-17-6-8-18(9-7-17)28-19-10-13-23-14-11-19/h3-14H,1-2H3. The van der Waals surface area contributed by atoms with E-state index in [0.29, 0.717) is 11.7 Å². The number of benzene rings is 1. The molecule has 28 heavy (non-hydrogen) atoms. The number of pyridine rings is 2. The van der Waals surface area contributed by atoms with Crippen LogP contribution in [0.5, 0.6) is 11.6 Å². The molecule has 0 unspecified atom stereocenters. The van der Waals surface area contributed by atoms with Crippen LogP contribution in [0, 0.1) is 13.8 Å². The lowest BCUT2D eigenvalue weighted by molar-refractivity contribution is 0.457. The largest absolute Gasteiger partial charge is 0.439 e. The topological polar surface area (TPSA) is 60.8 Å². The maximum Gasteiger partial charge on any atom is 0.226 e. The Hall–Kier alpha value is -3.25. The van der Waals surface area contributed by atoms with Gasteiger partial charge in [0.05, 0.1) is 0 Å². The van der Waals surface area contributed by atoms with Crippen LogP contribution in [-0.2, 0) is 0 Å². The van der Waals surface area contributed by atoms with Crippen molar-refractivity contribution >= 4 is 11.8 Å². The van der Waals surface area contributed by atoms with Crippen LogP contribution in [0.1, 0.15) is 11.3 Å². The molecular weight excluding hydrogens is 368 g/mol. The fraction of sp³-hybridized carbons (Fsp3) is 0.0909. The lowest BCUT2D eigenvalue weighted by Crippen LogP contribution is -2.01. The van der Waals surface area contributed by atoms with Gasteiger partial charge in [0.1, 0.15) is 11.4 Å². The highest BCUT2D eigenvalue weighted by Crippen LogP contribution is 2.31. The van der Waals surface area contributed by atoms with Gasteiger partial charge in [0.25, 0.3) is 0 Å². The van der Waals surface area contributed by atoms with Gasteiger partial charge in [-0.05, 0) is 62.4 Å². The van der Waals surface area contributed by atoms with Gasteiger partial charge < -0.3 is 4.74 Å². The number of aromatic nitrogens is 4. The molecule has 0 aliphatic heterocycles. The monoisotopic (exact) mass is 386 g/mol. The summed E-state index contributed by atoms with van der Waals surface area (Å²) in [4.78, 5) is 19.8. The average Bonchev–Trinajstić information content (AvgIpc) is 2.74. The lowest BCUT2D eigenvalue weighted by atomic mass is 10.2. The summed E-state index contributed by atoms with van der Waals surface area (Å²) in [7, 11) is 0. The van der Waals surface area contributed by atoms with Crippen LogP contribution in [0.2, 0.25) is 0 Å². The number of aryl methyl sites for hydroxylation is 1. The van der Waals surface area contributed by atoms with E-state index in [1.165, 1.54) is 0 Å². The fourth-order valence-corrected chi connectivity index (χ4v) is 3.34. The molecule has 0 saturated heterocycles. The molecule has 4 rings (SSSR count). The van der Waals surface area contributed by atoms with E-state index in [1.807, 2.05) is 68.4 Å². The van der Waals surface area contributed by atoms with Crippen molar-refractivity contribution in [2.45, 2.75) is 23.6 Å². The van der Waals surface area contributed by atoms with Gasteiger partial charge in [0.2, 0.25) is 5.88 Å². The van der Waals surface area contributed by atoms with E-state index in [9.17, 15) is 0 Å². The van der Waals surface area contributed by atoms with Crippen molar-refractivity contribution in [3.8, 4) is 23.1 Å². The molecule has 3 aromatic heterocycles. The predicted molar refractivity (Wildman–Crippen MR) is 110 cm³/mol. The number of hydrogen-bond acceptors (Lipinski definition) is 6. The Bertz CT molecular complexity index is 1070. The maximum absolute atomic E-state index is 6.06. The summed E-state index contributed by atoms with van der Waals surface area (Å²) < 4.78 is 6.06. The van der Waals surface area contributed by atoms with Crippen molar-refractivity contribution in [1.82, 2.24) is 19.9 Å². The second-order valence-electron chi connectivity index (χ2n) is 6.14. The summed E-state index contributed by atoms with van der Waals surface area (Å²) in [5.74, 6) is 1.83. The van der Waals surface area contributed by atoms with Crippen LogP contribution in [0.25, 0.3) is 11.5 Å². The molecule has 0 amide bonds. The summed E-state index contributed by atoms with van der Waals surface area (Å²) in [5, 5.41) is 0. The molecule has 0 N–H and O–H groups in total. The molecule has 138 valence electrons. The summed E-state index contributed by atoms with van der Waals surface area (Å²) in [6.07, 6.45) is 5.31. The summed E-state index contributed by atoms with van der Waals surface area (Å²) in [6, 6.07) is 17.6. The molecule has 0 aliphatic carbocycles. The van der Waals surface area contributed by atoms with Gasteiger partial charge in [-0.25, -0.2) is 4.98 Å². The summed E-state index contributed by atoms with van der Waals surface area (Å²) >= 11 is 1.68. The average molecular weight is 386 g/mol. The van der Waals surface area contributed by atoms with Crippen LogP contribution < -0.4 is 4.74 Å². The first-order valence-corrected chi connectivity index (χ1v) is 9.63. The van der Waals surface area contributed by atoms with E-state index in [2.05, 4.69) is 19.9 Å². The molecule has 1 aromatic carbocycles. The number of ether oxygens (including phenoxy) is 1. The first-order valence-electron chi connectivity index (χ1n) is 8.81. The molecular formula is C22H18N4OS. The normalized spacial score (nSPS) is 10.6. The van der Waals surface area contributed by atoms with Crippen LogP contribution in [0.4, 0.5) is 0 Å². The summed E-state index contributed by atoms with van der Waals surface area (Å²) in [5.41, 5.74) is 2.50. The SMILES string of the molecule is Cc1nc(-c2ccccn2)nc(Oc2ccc(Sc3ccncc3)cc2)c1C. The van der Waals surface area contributed by atoms with Crippen LogP contribution in [-0.4, -0.2) is 19.9 Å². The zero-order chi connectivity index (χ0) is 19.3. The Balaban J connectivity index is 1.56. The lowest BCUT2D eigenvalue weighted by Gasteiger charge is -2.11. The predicted octanol–water partition coefficient (Wildman–Crippen LogP) is 5.49. The zero-order valence-corrected chi connectivity index (χ0v) is 16.4. The van der Waals surface area contributed by atoms with E-state index < -0.39 is 0 Å². The molecule has 0 bridgehead atoms. The van der Waals surface area contributed by atoms with Crippen LogP contribution in [0.3, 0.4) is 0 Å². The van der Waals surface area contributed by atoms with Crippen molar-refractivity contribution in [2.24, 2.45) is 0 Å². The third-order valence-corrected chi connectivity index (χ3v) is 5.18. The minimum atomic E-state index is 0.544. The third-order valence-electron chi connectivity index (χ3n) is 4.16. The van der Waals surface area contributed by atoms with Gasteiger partial charge in [-0.15, -0.1) is 0 Å². The molecule has 0 aliphatic rings. The Morgan fingerprint density at radius 1 is 0.786 bits per heavy atom. The van der Waals surface area contributed by atoms with E-state index in [4.69, 9.17) is 4.74 Å². The number of nitrogens with zero attached hydrogens (tertiary/aromatic N) is 4. The highest BCUT2D eigenvalue weighted by atomic mass is 32.2. The second kappa shape index (κ2) is 8.19. The van der Waals surface area contributed by atoms with Gasteiger partial charge in [0, 0.05) is 39.6 Å². The molecule has 0 saturated carbocycles. The van der Waals surface area contributed by atoms with Crippen molar-refractivity contribution in [3.05, 3.63) is 84.4 Å². The number of rotatable bonds is 5. The minimum absolute atomic E-state index is 0.544. The van der Waals surface area contributed by atoms with E-state index in [-0.39, 0.29) is 0 Å².